The quantitative estimate of drug-likeness (QED) is 0.709. The van der Waals surface area contributed by atoms with Gasteiger partial charge in [0.05, 0.1) is 0 Å². The number of rotatable bonds is 8. The topological polar surface area (TPSA) is 12.0 Å². The second-order valence-corrected chi connectivity index (χ2v) is 6.57. The Morgan fingerprint density at radius 3 is 2.30 bits per heavy atom. The zero-order valence-electron chi connectivity index (χ0n) is 13.5. The third kappa shape index (κ3) is 3.09. The molecule has 1 aliphatic carbocycles. The summed E-state index contributed by atoms with van der Waals surface area (Å²) < 4.78 is 0. The molecule has 2 unspecified atom stereocenters. The summed E-state index contributed by atoms with van der Waals surface area (Å²) in [6.45, 7) is 8.17. The van der Waals surface area contributed by atoms with Crippen molar-refractivity contribution in [1.29, 1.82) is 0 Å². The molecular weight excluding hydrogens is 242 g/mol. The average molecular weight is 273 g/mol. The maximum atomic E-state index is 3.90. The van der Waals surface area contributed by atoms with Gasteiger partial charge in [0.15, 0.2) is 0 Å². The summed E-state index contributed by atoms with van der Waals surface area (Å²) in [5.41, 5.74) is 1.95. The van der Waals surface area contributed by atoms with Gasteiger partial charge < -0.3 is 5.32 Å². The van der Waals surface area contributed by atoms with Gasteiger partial charge in [-0.25, -0.2) is 0 Å². The van der Waals surface area contributed by atoms with E-state index in [1.54, 1.807) is 5.56 Å². The van der Waals surface area contributed by atoms with Crippen LogP contribution in [0.4, 0.5) is 0 Å². The molecule has 0 radical (unpaired) electrons. The molecule has 20 heavy (non-hydrogen) atoms. The molecule has 0 bridgehead atoms. The van der Waals surface area contributed by atoms with E-state index in [2.05, 4.69) is 56.4 Å². The van der Waals surface area contributed by atoms with E-state index in [1.165, 1.54) is 38.5 Å². The second kappa shape index (κ2) is 7.26. The highest BCUT2D eigenvalue weighted by Gasteiger charge is 2.46. The summed E-state index contributed by atoms with van der Waals surface area (Å²) in [5.74, 6) is 0.757. The Labute approximate surface area is 125 Å². The lowest BCUT2D eigenvalue weighted by Gasteiger charge is -2.51. The van der Waals surface area contributed by atoms with E-state index >= 15 is 0 Å². The van der Waals surface area contributed by atoms with Crippen molar-refractivity contribution in [2.45, 2.75) is 70.8 Å². The van der Waals surface area contributed by atoms with E-state index in [0.29, 0.717) is 11.5 Å². The molecule has 0 amide bonds. The first-order chi connectivity index (χ1) is 9.74. The van der Waals surface area contributed by atoms with E-state index in [9.17, 15) is 0 Å². The highest BCUT2D eigenvalue weighted by Crippen LogP contribution is 2.48. The zero-order valence-corrected chi connectivity index (χ0v) is 13.5. The van der Waals surface area contributed by atoms with Crippen molar-refractivity contribution < 1.29 is 0 Å². The Balaban J connectivity index is 2.24. The van der Waals surface area contributed by atoms with Crippen LogP contribution in [0.3, 0.4) is 0 Å². The molecule has 1 N–H and O–H groups in total. The Morgan fingerprint density at radius 2 is 1.80 bits per heavy atom. The molecular formula is C19H31N. The molecule has 2 atom stereocenters. The smallest absolute Gasteiger partial charge is 0.0190 e. The van der Waals surface area contributed by atoms with Crippen molar-refractivity contribution in [2.75, 3.05) is 6.54 Å². The lowest BCUT2D eigenvalue weighted by molar-refractivity contribution is 0.126. The highest BCUT2D eigenvalue weighted by atomic mass is 14.9. The van der Waals surface area contributed by atoms with E-state index < -0.39 is 0 Å². The monoisotopic (exact) mass is 273 g/mol. The Bertz CT molecular complexity index is 380. The fourth-order valence-corrected chi connectivity index (χ4v) is 3.97. The van der Waals surface area contributed by atoms with Crippen LogP contribution in [0.15, 0.2) is 30.3 Å². The van der Waals surface area contributed by atoms with Gasteiger partial charge in [0.2, 0.25) is 0 Å². The first-order valence-corrected chi connectivity index (χ1v) is 8.53. The van der Waals surface area contributed by atoms with Crippen LogP contribution in [-0.4, -0.2) is 12.6 Å². The van der Waals surface area contributed by atoms with Crippen LogP contribution in [0.5, 0.6) is 0 Å². The van der Waals surface area contributed by atoms with Gasteiger partial charge in [0.25, 0.3) is 0 Å². The summed E-state index contributed by atoms with van der Waals surface area (Å²) in [7, 11) is 0. The fraction of sp³-hybridized carbons (Fsp3) is 0.684. The molecule has 1 aromatic carbocycles. The van der Waals surface area contributed by atoms with Crippen LogP contribution in [0.2, 0.25) is 0 Å². The second-order valence-electron chi connectivity index (χ2n) is 6.57. The highest BCUT2D eigenvalue weighted by molar-refractivity contribution is 5.31. The van der Waals surface area contributed by atoms with Crippen LogP contribution >= 0.6 is 0 Å². The Hall–Kier alpha value is -0.820. The molecule has 1 aliphatic rings. The number of nitrogens with one attached hydrogen (secondary N) is 1. The van der Waals surface area contributed by atoms with Crippen LogP contribution in [0, 0.1) is 5.92 Å². The standard InChI is InChI=1S/C19H31N/c1-4-10-16(3)18(20-15-5-2)19(13-9-14-19)17-11-7-6-8-12-17/h6-8,11-12,16,18,20H,4-5,9-10,13-15H2,1-3H3. The van der Waals surface area contributed by atoms with Crippen LogP contribution in [-0.2, 0) is 5.41 Å². The molecule has 0 aromatic heterocycles. The maximum absolute atomic E-state index is 3.90. The molecule has 0 saturated heterocycles. The molecule has 1 aromatic rings. The van der Waals surface area contributed by atoms with Gasteiger partial charge in [-0.3, -0.25) is 0 Å². The summed E-state index contributed by atoms with van der Waals surface area (Å²) >= 11 is 0. The Morgan fingerprint density at radius 1 is 1.10 bits per heavy atom. The predicted octanol–water partition coefficient (Wildman–Crippen LogP) is 4.91. The van der Waals surface area contributed by atoms with Crippen molar-refractivity contribution in [2.24, 2.45) is 5.92 Å². The van der Waals surface area contributed by atoms with E-state index in [4.69, 9.17) is 0 Å². The van der Waals surface area contributed by atoms with E-state index in [0.717, 1.165) is 12.5 Å². The van der Waals surface area contributed by atoms with E-state index in [-0.39, 0.29) is 0 Å². The molecule has 0 heterocycles. The summed E-state index contributed by atoms with van der Waals surface area (Å²) in [5, 5.41) is 3.90. The normalized spacial score (nSPS) is 20.1. The largest absolute Gasteiger partial charge is 0.313 e. The minimum Gasteiger partial charge on any atom is -0.313 e. The third-order valence-corrected chi connectivity index (χ3v) is 5.12. The van der Waals surface area contributed by atoms with Crippen molar-refractivity contribution in [3.8, 4) is 0 Å². The van der Waals surface area contributed by atoms with Crippen LogP contribution in [0.25, 0.3) is 0 Å². The maximum Gasteiger partial charge on any atom is 0.0190 e. The van der Waals surface area contributed by atoms with E-state index in [1.807, 2.05) is 0 Å². The van der Waals surface area contributed by atoms with Crippen molar-refractivity contribution in [1.82, 2.24) is 5.32 Å². The molecule has 112 valence electrons. The summed E-state index contributed by atoms with van der Waals surface area (Å²) in [6.07, 6.45) is 7.93. The molecule has 1 nitrogen and oxygen atoms in total. The van der Waals surface area contributed by atoms with Crippen molar-refractivity contribution >= 4 is 0 Å². The fourth-order valence-electron chi connectivity index (χ4n) is 3.97. The lowest BCUT2D eigenvalue weighted by Crippen LogP contribution is -2.56. The minimum absolute atomic E-state index is 0.394. The zero-order chi connectivity index (χ0) is 14.4. The summed E-state index contributed by atoms with van der Waals surface area (Å²) in [4.78, 5) is 0. The number of hydrogen-bond acceptors (Lipinski definition) is 1. The number of benzene rings is 1. The Kier molecular flexibility index (Phi) is 5.65. The minimum atomic E-state index is 0.394. The van der Waals surface area contributed by atoms with Crippen LogP contribution < -0.4 is 5.32 Å². The summed E-state index contributed by atoms with van der Waals surface area (Å²) in [6, 6.07) is 11.9. The first kappa shape index (κ1) is 15.6. The van der Waals surface area contributed by atoms with Gasteiger partial charge in [-0.05, 0) is 43.7 Å². The molecule has 1 saturated carbocycles. The van der Waals surface area contributed by atoms with Crippen LogP contribution in [0.1, 0.15) is 64.9 Å². The van der Waals surface area contributed by atoms with Gasteiger partial charge >= 0.3 is 0 Å². The third-order valence-electron chi connectivity index (χ3n) is 5.12. The molecule has 1 heteroatoms. The van der Waals surface area contributed by atoms with Gasteiger partial charge in [-0.1, -0.05) is 63.9 Å². The molecule has 2 rings (SSSR count). The van der Waals surface area contributed by atoms with Gasteiger partial charge in [0.1, 0.15) is 0 Å². The lowest BCUT2D eigenvalue weighted by atomic mass is 9.57. The van der Waals surface area contributed by atoms with Gasteiger partial charge in [0, 0.05) is 11.5 Å². The van der Waals surface area contributed by atoms with Crippen molar-refractivity contribution in [3.63, 3.8) is 0 Å². The number of hydrogen-bond donors (Lipinski definition) is 1. The predicted molar refractivity (Wildman–Crippen MR) is 88.1 cm³/mol. The van der Waals surface area contributed by atoms with Crippen molar-refractivity contribution in [3.05, 3.63) is 35.9 Å². The first-order valence-electron chi connectivity index (χ1n) is 8.53. The molecule has 0 spiro atoms. The SMILES string of the molecule is CCCNC(C(C)CCC)C1(c2ccccc2)CCC1. The molecule has 0 aliphatic heterocycles. The molecule has 1 fully saturated rings. The van der Waals surface area contributed by atoms with Gasteiger partial charge in [-0.15, -0.1) is 0 Å². The van der Waals surface area contributed by atoms with Gasteiger partial charge in [-0.2, -0.15) is 0 Å². The average Bonchev–Trinajstić information content (AvgIpc) is 2.42.